The molecular weight excluding hydrogens is 185 g/mol. The fourth-order valence-electron chi connectivity index (χ4n) is 1.02. The molecule has 12 heavy (non-hydrogen) atoms. The van der Waals surface area contributed by atoms with Gasteiger partial charge in [0.25, 0.3) is 15.4 Å². The number of fused-ring (bicyclic) bond motifs is 1. The number of para-hydroxylation sites is 1. The summed E-state index contributed by atoms with van der Waals surface area (Å²) in [5.74, 6) is 0. The van der Waals surface area contributed by atoms with Gasteiger partial charge in [-0.2, -0.15) is 0 Å². The van der Waals surface area contributed by atoms with Crippen LogP contribution in [0.2, 0.25) is 0 Å². The lowest BCUT2D eigenvalue weighted by molar-refractivity contribution is 1.41. The van der Waals surface area contributed by atoms with Gasteiger partial charge in [0.2, 0.25) is 0 Å². The van der Waals surface area contributed by atoms with Crippen molar-refractivity contribution in [1.29, 1.82) is 0 Å². The third kappa shape index (κ3) is 2.22. The van der Waals surface area contributed by atoms with Gasteiger partial charge in [-0.25, -0.2) is 0 Å². The monoisotopic (exact) mass is 191 g/mol. The zero-order valence-corrected chi connectivity index (χ0v) is 8.35. The second-order valence-electron chi connectivity index (χ2n) is 2.20. The van der Waals surface area contributed by atoms with Crippen LogP contribution in [-0.4, -0.2) is 20.4 Å². The van der Waals surface area contributed by atoms with Gasteiger partial charge in [0, 0.05) is 11.6 Å². The molecule has 0 aliphatic carbocycles. The van der Waals surface area contributed by atoms with Crippen molar-refractivity contribution < 1.29 is 0 Å². The molecule has 0 unspecified atom stereocenters. The topological polar surface area (TPSA) is 12.9 Å². The third-order valence-corrected chi connectivity index (χ3v) is 1.51. The Balaban J connectivity index is 0.000000336. The van der Waals surface area contributed by atoms with Crippen LogP contribution in [0.5, 0.6) is 0 Å². The number of benzene rings is 1. The number of hydrogen-bond acceptors (Lipinski definition) is 1. The van der Waals surface area contributed by atoms with Crippen LogP contribution in [0.4, 0.5) is 0 Å². The van der Waals surface area contributed by atoms with Gasteiger partial charge in [-0.15, -0.1) is 0 Å². The van der Waals surface area contributed by atoms with Crippen molar-refractivity contribution in [3.05, 3.63) is 42.6 Å². The zero-order valence-electron chi connectivity index (χ0n) is 6.44. The van der Waals surface area contributed by atoms with Crippen LogP contribution in [-0.2, 0) is 0 Å². The van der Waals surface area contributed by atoms with E-state index in [9.17, 15) is 0 Å². The first-order valence-corrected chi connectivity index (χ1v) is 5.23. The van der Waals surface area contributed by atoms with Gasteiger partial charge in [0.1, 0.15) is 0 Å². The number of hydrogen-bond donors (Lipinski definition) is 0. The molecule has 2 aromatic rings. The molecule has 0 aliphatic rings. The van der Waals surface area contributed by atoms with E-state index in [1.165, 1.54) is 5.39 Å². The molecule has 0 bridgehead atoms. The number of halogens is 1. The van der Waals surface area contributed by atoms with Crippen LogP contribution in [0.15, 0.2) is 42.6 Å². The van der Waals surface area contributed by atoms with E-state index in [1.54, 1.807) is 0 Å². The normalized spacial score (nSPS) is 8.75. The van der Waals surface area contributed by atoms with Crippen LogP contribution in [0.3, 0.4) is 0 Å². The van der Waals surface area contributed by atoms with E-state index in [0.717, 1.165) is 5.52 Å². The molecule has 0 aliphatic heterocycles. The summed E-state index contributed by atoms with van der Waals surface area (Å²) in [6, 6.07) is 12.1. The summed E-state index contributed by atoms with van der Waals surface area (Å²) < 4.78 is 0. The zero-order chi connectivity index (χ0) is 8.81. The molecule has 2 rings (SSSR count). The summed E-state index contributed by atoms with van der Waals surface area (Å²) in [5, 5.41) is 1.20. The lowest BCUT2D eigenvalue weighted by Gasteiger charge is -1.91. The predicted octanol–water partition coefficient (Wildman–Crippen LogP) is 2.54. The second-order valence-corrected chi connectivity index (χ2v) is 2.20. The first-order valence-electron chi connectivity index (χ1n) is 3.48. The Morgan fingerprint density at radius 1 is 1.00 bits per heavy atom. The van der Waals surface area contributed by atoms with Crippen LogP contribution < -0.4 is 0 Å². The van der Waals surface area contributed by atoms with Crippen molar-refractivity contribution in [3.8, 4) is 0 Å². The molecule has 3 heteroatoms. The maximum Gasteiger partial charge on any atom is 0.293 e. The molecule has 0 atom stereocenters. The summed E-state index contributed by atoms with van der Waals surface area (Å²) in [6.07, 6.45) is 1.81. The van der Waals surface area contributed by atoms with E-state index in [1.807, 2.05) is 45.8 Å². The van der Waals surface area contributed by atoms with E-state index in [2.05, 4.69) is 27.2 Å². The minimum atomic E-state index is 1.06. The van der Waals surface area contributed by atoms with E-state index < -0.39 is 0 Å². The fourth-order valence-corrected chi connectivity index (χ4v) is 1.02. The number of aromatic nitrogens is 1. The van der Waals surface area contributed by atoms with Gasteiger partial charge in [0.05, 0.1) is 5.52 Å². The molecule has 0 N–H and O–H groups in total. The molecule has 1 aromatic carbocycles. The summed E-state index contributed by atoms with van der Waals surface area (Å²) in [4.78, 5) is 4.18. The highest BCUT2D eigenvalue weighted by molar-refractivity contribution is 6.80. The van der Waals surface area contributed by atoms with Gasteiger partial charge >= 0.3 is 0 Å². The quantitative estimate of drug-likeness (QED) is 0.584. The van der Waals surface area contributed by atoms with Crippen LogP contribution >= 0.6 is 10.0 Å². The van der Waals surface area contributed by atoms with Gasteiger partial charge in [-0.1, -0.05) is 24.3 Å². The Kier molecular flexibility index (Phi) is 4.10. The van der Waals surface area contributed by atoms with Crippen LogP contribution in [0.25, 0.3) is 10.9 Å². The van der Waals surface area contributed by atoms with E-state index in [0.29, 0.717) is 0 Å². The summed E-state index contributed by atoms with van der Waals surface area (Å²) in [6.45, 7) is 0. The molecular formula is C9H7AlClN. The lowest BCUT2D eigenvalue weighted by Crippen LogP contribution is -1.73. The number of nitrogens with zero attached hydrogens (tertiary/aromatic N) is 1. The third-order valence-electron chi connectivity index (χ3n) is 1.51. The summed E-state index contributed by atoms with van der Waals surface area (Å²) in [5.41, 5.74) is 1.06. The summed E-state index contributed by atoms with van der Waals surface area (Å²) >= 11 is 1.89. The molecule has 0 saturated heterocycles. The Bertz CT molecular complexity index is 286. The highest BCUT2D eigenvalue weighted by Gasteiger charge is 1.86. The molecule has 1 aromatic heterocycles. The molecule has 58 valence electrons. The highest BCUT2D eigenvalue weighted by Crippen LogP contribution is 2.07. The molecule has 2 radical (unpaired) electrons. The average Bonchev–Trinajstić information content (AvgIpc) is 2.21. The Morgan fingerprint density at radius 2 is 1.67 bits per heavy atom. The van der Waals surface area contributed by atoms with Gasteiger partial charge < -0.3 is 0 Å². The van der Waals surface area contributed by atoms with E-state index in [-0.39, 0.29) is 0 Å². The highest BCUT2D eigenvalue weighted by atomic mass is 35.6. The molecule has 0 fully saturated rings. The van der Waals surface area contributed by atoms with Crippen molar-refractivity contribution in [3.63, 3.8) is 0 Å². The van der Waals surface area contributed by atoms with Crippen LogP contribution in [0, 0.1) is 0 Å². The Morgan fingerprint density at radius 3 is 2.42 bits per heavy atom. The van der Waals surface area contributed by atoms with Crippen molar-refractivity contribution >= 4 is 36.3 Å². The standard InChI is InChI=1S/C9H7N.Al.ClH/c1-2-6-9-8(4-1)5-3-7-10-9;;/h1-7H;;1H/q;+1;/p-1. The molecule has 1 nitrogen and oxygen atoms in total. The number of rotatable bonds is 0. The molecule has 0 saturated carbocycles. The van der Waals surface area contributed by atoms with Gasteiger partial charge in [-0.05, 0) is 12.1 Å². The lowest BCUT2D eigenvalue weighted by atomic mass is 10.2. The first kappa shape index (κ1) is 9.54. The molecule has 1 heterocycles. The predicted molar refractivity (Wildman–Crippen MR) is 53.4 cm³/mol. The number of pyridine rings is 1. The van der Waals surface area contributed by atoms with Gasteiger partial charge in [-0.3, -0.25) is 15.0 Å². The molecule has 0 spiro atoms. The Hall–Kier alpha value is -0.548. The minimum Gasteiger partial charge on any atom is -0.293 e. The fraction of sp³-hybridized carbons (Fsp3) is 0. The average molecular weight is 192 g/mol. The van der Waals surface area contributed by atoms with Crippen molar-refractivity contribution in [1.82, 2.24) is 4.98 Å². The summed E-state index contributed by atoms with van der Waals surface area (Å²) in [7, 11) is 4.56. The van der Waals surface area contributed by atoms with Crippen molar-refractivity contribution in [2.75, 3.05) is 0 Å². The van der Waals surface area contributed by atoms with Crippen molar-refractivity contribution in [2.45, 2.75) is 0 Å². The maximum atomic E-state index is 4.56. The maximum absolute atomic E-state index is 4.56. The van der Waals surface area contributed by atoms with E-state index >= 15 is 0 Å². The van der Waals surface area contributed by atoms with Gasteiger partial charge in [0.15, 0.2) is 0 Å². The largest absolute Gasteiger partial charge is 0.293 e. The Labute approximate surface area is 84.0 Å². The SMILES string of the molecule is [Al][Cl].c1ccc2ncccc2c1. The smallest absolute Gasteiger partial charge is 0.293 e. The second kappa shape index (κ2) is 5.16. The first-order chi connectivity index (χ1) is 5.97. The minimum absolute atomic E-state index is 1.06. The van der Waals surface area contributed by atoms with Crippen LogP contribution in [0.1, 0.15) is 0 Å². The molecule has 0 amide bonds. The van der Waals surface area contributed by atoms with Crippen molar-refractivity contribution in [2.24, 2.45) is 0 Å². The van der Waals surface area contributed by atoms with E-state index in [4.69, 9.17) is 0 Å².